The van der Waals surface area contributed by atoms with Gasteiger partial charge in [-0.15, -0.1) is 0 Å². The summed E-state index contributed by atoms with van der Waals surface area (Å²) in [6.07, 6.45) is 24.9. The maximum atomic E-state index is 14.1. The van der Waals surface area contributed by atoms with Crippen molar-refractivity contribution in [1.82, 2.24) is 80.9 Å². The van der Waals surface area contributed by atoms with Gasteiger partial charge in [0.2, 0.25) is 0 Å². The molecule has 4 aromatic carbocycles. The number of rotatable bonds is 17. The third-order valence-electron chi connectivity index (χ3n) is 25.3. The van der Waals surface area contributed by atoms with Crippen molar-refractivity contribution in [3.63, 3.8) is 0 Å². The average Bonchev–Trinajstić information content (AvgIpc) is 1.74. The Morgan fingerprint density at radius 3 is 0.898 bits per heavy atom. The van der Waals surface area contributed by atoms with Gasteiger partial charge in [-0.25, -0.2) is 58.4 Å². The highest BCUT2D eigenvalue weighted by atomic mass is 32.2. The van der Waals surface area contributed by atoms with Crippen LogP contribution in [0.1, 0.15) is 188 Å². The first-order valence-corrected chi connectivity index (χ1v) is 50.0. The molecule has 10 saturated heterocycles. The summed E-state index contributed by atoms with van der Waals surface area (Å²) in [6, 6.07) is 16.9. The number of amides is 8. The number of nitrogens with zero attached hydrogens (tertiary/aromatic N) is 16. The second-order valence-corrected chi connectivity index (χ2v) is 38.6. The highest BCUT2D eigenvalue weighted by molar-refractivity contribution is 8.19. The van der Waals surface area contributed by atoms with Crippen LogP contribution in [0.4, 0.5) is 36.7 Å². The highest BCUT2D eigenvalue weighted by Gasteiger charge is 2.39. The quantitative estimate of drug-likeness (QED) is 0.0564. The Hall–Kier alpha value is -9.72. The lowest BCUT2D eigenvalue weighted by Crippen LogP contribution is -2.45. The van der Waals surface area contributed by atoms with Gasteiger partial charge in [0.05, 0.1) is 19.6 Å². The summed E-state index contributed by atoms with van der Waals surface area (Å²) in [7, 11) is 1.67. The fraction of sp³-hybridized carbons (Fsp3) is 0.546. The summed E-state index contributed by atoms with van der Waals surface area (Å²) >= 11 is 4.94. The number of hydrazine groups is 4. The van der Waals surface area contributed by atoms with Gasteiger partial charge in [0, 0.05) is 146 Å². The van der Waals surface area contributed by atoms with Gasteiger partial charge in [0.25, 0.3) is 23.6 Å². The zero-order valence-electron chi connectivity index (χ0n) is 75.6. The number of aliphatic imine (C=N–C) groups is 4. The van der Waals surface area contributed by atoms with Crippen LogP contribution < -0.4 is 40.7 Å². The minimum Gasteiger partial charge on any atom is -0.410 e. The molecule has 10 fully saturated rings. The SMILES string of the molecule is C.C.C.C.CCN(CC)CCCN(C)C(=O)Oc1ccc(F)cc1/C=C1\SC(N2CCCCN2)=NC1=O.O=C1N=C(N2CCCCN2)S/C1=C\c1cc(F)ccc1OC(=O)N1CC[C@@H](N2CCCC2)C1.O=C1N=C(N2CCCCN2)S/C1=C\c1cc(F)ccc1OC(=O)N1CC[C@@H](N2CCCCC2)C1.O=C1N=C(N2CCCCN2)S/C1=C\c1cc(F)ccc1OC(=O)N1CC[C@H](N2CCCC2)C1. The van der Waals surface area contributed by atoms with Gasteiger partial charge in [-0.05, 0) is 319 Å². The summed E-state index contributed by atoms with van der Waals surface area (Å²) in [4.78, 5) is 135. The number of carbonyl (C=O) groups is 8. The zero-order chi connectivity index (χ0) is 92.9. The fourth-order valence-corrected chi connectivity index (χ4v) is 21.5. The average molecular weight is 1980 g/mol. The van der Waals surface area contributed by atoms with Crippen LogP contribution in [0.3, 0.4) is 0 Å². The Morgan fingerprint density at radius 2 is 0.635 bits per heavy atom. The number of hydrogen-bond acceptors (Lipinski definition) is 28. The normalized spacial score (nSPS) is 22.7. The van der Waals surface area contributed by atoms with E-state index >= 15 is 0 Å². The van der Waals surface area contributed by atoms with Crippen molar-refractivity contribution >= 4 is 140 Å². The van der Waals surface area contributed by atoms with Crippen molar-refractivity contribution in [3.8, 4) is 23.0 Å². The molecule has 14 aliphatic rings. The standard InChI is InChI=1S/C24H30FN5O3S.2C23H28FN5O3S.C23H32FN5O3S.4CH4/c25-18-6-7-20(33-24(32)29-13-8-19(16-29)28-10-3-1-4-11-28)17(14-18)15-21-22(31)27-23(34-21)30-12-5-2-9-26-30;2*24-17-5-6-19(32-23(31)28-12-7-18(15-28)27-9-3-4-10-27)16(13-17)14-20-21(30)26-22(33-20)29-11-2-1-8-25-29;1-4-28(5-2)13-8-12-27(3)23(31)32-19-10-9-18(24)15-17(19)16-20-21(30)26-22(33-20)29-14-7-6-11-25-29;;;;/h6-7,14-15,19,26H,1-5,8-13,16H2;2*5-6,13-14,18,25H,1-4,7-12,15H2;9-10,15-16,25H,4-8,11-14H2,1-3H3;4*1H4/b21-15-;2*20-14-;20-16-;;;;/t19-;2*18-;;;;;/m110...../s1. The van der Waals surface area contributed by atoms with E-state index < -0.39 is 53.5 Å². The molecule has 0 spiro atoms. The number of thioether (sulfide) groups is 4. The molecule has 0 bridgehead atoms. The first kappa shape index (κ1) is 108. The molecule has 0 radical (unpaired) electrons. The highest BCUT2D eigenvalue weighted by Crippen LogP contribution is 2.40. The maximum Gasteiger partial charge on any atom is 0.415 e. The lowest BCUT2D eigenvalue weighted by molar-refractivity contribution is -0.114. The molecule has 3 atom stereocenters. The Balaban J connectivity index is 0.000000174. The maximum absolute atomic E-state index is 14.1. The molecule has 0 saturated carbocycles. The van der Waals surface area contributed by atoms with E-state index in [1.165, 1.54) is 176 Å². The zero-order valence-corrected chi connectivity index (χ0v) is 78.8. The van der Waals surface area contributed by atoms with Crippen molar-refractivity contribution in [2.75, 3.05) is 164 Å². The van der Waals surface area contributed by atoms with E-state index in [0.29, 0.717) is 126 Å². The van der Waals surface area contributed by atoms with E-state index in [4.69, 9.17) is 18.9 Å². The van der Waals surface area contributed by atoms with E-state index in [1.54, 1.807) is 40.0 Å². The fourth-order valence-electron chi connectivity index (χ4n) is 17.8. The number of piperidine rings is 1. The number of ether oxygens (including phenoxy) is 4. The molecular weight excluding hydrogens is 1840 g/mol. The lowest BCUT2D eigenvalue weighted by Gasteiger charge is -2.32. The van der Waals surface area contributed by atoms with Crippen LogP contribution in [-0.4, -0.2) is 310 Å². The predicted octanol–water partition coefficient (Wildman–Crippen LogP) is 15.7. The molecule has 746 valence electrons. The summed E-state index contributed by atoms with van der Waals surface area (Å²) in [6.45, 7) is 24.5. The van der Waals surface area contributed by atoms with E-state index in [1.807, 2.05) is 20.0 Å². The summed E-state index contributed by atoms with van der Waals surface area (Å²) in [5, 5.41) is 9.85. The number of hydrogen-bond donors (Lipinski definition) is 4. The smallest absolute Gasteiger partial charge is 0.410 e. The van der Waals surface area contributed by atoms with Crippen molar-refractivity contribution in [3.05, 3.63) is 138 Å². The molecule has 8 amide bonds. The van der Waals surface area contributed by atoms with Crippen LogP contribution in [0.2, 0.25) is 0 Å². The van der Waals surface area contributed by atoms with E-state index in [9.17, 15) is 55.9 Å². The summed E-state index contributed by atoms with van der Waals surface area (Å²) in [5.41, 5.74) is 14.3. The molecule has 4 N–H and O–H groups in total. The molecule has 40 heteroatoms. The third kappa shape index (κ3) is 29.5. The number of carbonyl (C=O) groups excluding carboxylic acids is 8. The van der Waals surface area contributed by atoms with Crippen molar-refractivity contribution < 1.29 is 74.9 Å². The molecule has 0 unspecified atom stereocenters. The van der Waals surface area contributed by atoms with E-state index in [0.717, 1.165) is 188 Å². The van der Waals surface area contributed by atoms with Gasteiger partial charge in [0.15, 0.2) is 20.7 Å². The predicted molar refractivity (Wildman–Crippen MR) is 536 cm³/mol. The first-order chi connectivity index (χ1) is 64.6. The first-order valence-electron chi connectivity index (χ1n) is 46.7. The molecule has 18 rings (SSSR count). The van der Waals surface area contributed by atoms with Gasteiger partial charge in [-0.1, -0.05) is 50.0 Å². The molecule has 4 aromatic rings. The number of halogens is 4. The van der Waals surface area contributed by atoms with Gasteiger partial charge in [0.1, 0.15) is 46.3 Å². The lowest BCUT2D eigenvalue weighted by atomic mass is 10.1. The summed E-state index contributed by atoms with van der Waals surface area (Å²) < 4.78 is 78.6. The molecule has 0 aliphatic carbocycles. The Kier molecular flexibility index (Phi) is 41.3. The number of amidine groups is 4. The third-order valence-corrected chi connectivity index (χ3v) is 29.3. The molecule has 14 aliphatic heterocycles. The number of nitrogens with one attached hydrogen (secondary N) is 4. The van der Waals surface area contributed by atoms with Gasteiger partial charge in [-0.2, -0.15) is 20.0 Å². The van der Waals surface area contributed by atoms with Crippen LogP contribution in [0.25, 0.3) is 24.3 Å². The topological polar surface area (TPSA) is 310 Å². The van der Waals surface area contributed by atoms with Crippen molar-refractivity contribution in [1.29, 1.82) is 0 Å². The Labute approximate surface area is 819 Å². The van der Waals surface area contributed by atoms with E-state index in [-0.39, 0.29) is 70.4 Å². The van der Waals surface area contributed by atoms with Crippen molar-refractivity contribution in [2.45, 2.75) is 184 Å². The molecule has 0 aromatic heterocycles. The minimum atomic E-state index is -0.527. The van der Waals surface area contributed by atoms with Crippen LogP contribution in [0.15, 0.2) is 112 Å². The van der Waals surface area contributed by atoms with Crippen LogP contribution >= 0.6 is 47.0 Å². The molecular formula is C97H134F4N20O12S4. The van der Waals surface area contributed by atoms with Gasteiger partial charge >= 0.3 is 24.4 Å². The van der Waals surface area contributed by atoms with Gasteiger partial charge < -0.3 is 43.4 Å². The monoisotopic (exact) mass is 1970 g/mol. The minimum absolute atomic E-state index is 0. The number of likely N-dealkylation sites (tertiary alicyclic amines) is 6. The summed E-state index contributed by atoms with van der Waals surface area (Å²) in [5.74, 6) is -2.51. The van der Waals surface area contributed by atoms with Crippen LogP contribution in [0.5, 0.6) is 23.0 Å². The number of benzene rings is 4. The largest absolute Gasteiger partial charge is 0.415 e. The van der Waals surface area contributed by atoms with Gasteiger partial charge in [-0.3, -0.25) is 53.9 Å². The Bertz CT molecular complexity index is 4980. The Morgan fingerprint density at radius 1 is 0.372 bits per heavy atom. The second kappa shape index (κ2) is 52.5. The molecule has 137 heavy (non-hydrogen) atoms. The van der Waals surface area contributed by atoms with Crippen LogP contribution in [0, 0.1) is 23.3 Å². The molecule has 14 heterocycles. The van der Waals surface area contributed by atoms with Crippen molar-refractivity contribution in [2.24, 2.45) is 20.0 Å². The van der Waals surface area contributed by atoms with E-state index in [2.05, 4.69) is 75.1 Å². The second-order valence-electron chi connectivity index (χ2n) is 34.6. The molecule has 32 nitrogen and oxygen atoms in total. The van der Waals surface area contributed by atoms with Crippen LogP contribution in [-0.2, 0) is 19.2 Å².